The Morgan fingerprint density at radius 2 is 1.93 bits per heavy atom. The van der Waals surface area contributed by atoms with Gasteiger partial charge in [0.1, 0.15) is 11.5 Å². The summed E-state index contributed by atoms with van der Waals surface area (Å²) in [5, 5.41) is 18.2. The lowest BCUT2D eigenvalue weighted by molar-refractivity contribution is -0.384. The molecule has 0 aliphatic rings. The predicted molar refractivity (Wildman–Crippen MR) is 117 cm³/mol. The van der Waals surface area contributed by atoms with Crippen molar-refractivity contribution in [3.63, 3.8) is 0 Å². The van der Waals surface area contributed by atoms with E-state index in [1.165, 1.54) is 12.1 Å². The number of halogens is 1. The van der Waals surface area contributed by atoms with Gasteiger partial charge in [0.05, 0.1) is 33.0 Å². The Balaban J connectivity index is 1.72. The molecule has 0 unspecified atom stereocenters. The monoisotopic (exact) mass is 506 g/mol. The van der Waals surface area contributed by atoms with Gasteiger partial charge in [-0.3, -0.25) is 19.6 Å². The number of non-ortho nitro benzene ring substituents is 1. The van der Waals surface area contributed by atoms with Crippen LogP contribution in [0.3, 0.4) is 0 Å². The molecular formula is C20H19IN4O4. The van der Waals surface area contributed by atoms with Gasteiger partial charge in [0.25, 0.3) is 5.69 Å². The first-order chi connectivity index (χ1) is 13.8. The van der Waals surface area contributed by atoms with Gasteiger partial charge in [0.2, 0.25) is 5.91 Å². The molecular weight excluding hydrogens is 487 g/mol. The number of nitrogens with one attached hydrogen (secondary N) is 1. The van der Waals surface area contributed by atoms with E-state index < -0.39 is 4.92 Å². The summed E-state index contributed by atoms with van der Waals surface area (Å²) in [5.41, 5.74) is 2.20. The summed E-state index contributed by atoms with van der Waals surface area (Å²) in [4.78, 5) is 23.1. The number of anilines is 1. The maximum Gasteiger partial charge on any atom is 0.275 e. The van der Waals surface area contributed by atoms with E-state index in [0.717, 1.165) is 14.8 Å². The number of carbonyl (C=O) groups is 1. The largest absolute Gasteiger partial charge is 0.457 e. The van der Waals surface area contributed by atoms with Crippen molar-refractivity contribution in [3.8, 4) is 11.5 Å². The van der Waals surface area contributed by atoms with E-state index >= 15 is 0 Å². The quantitative estimate of drug-likeness (QED) is 0.281. The number of benzene rings is 2. The zero-order chi connectivity index (χ0) is 21.0. The highest BCUT2D eigenvalue weighted by Gasteiger charge is 2.14. The third-order valence-electron chi connectivity index (χ3n) is 4.24. The lowest BCUT2D eigenvalue weighted by Gasteiger charge is -2.10. The minimum Gasteiger partial charge on any atom is -0.457 e. The Morgan fingerprint density at radius 3 is 2.55 bits per heavy atom. The fourth-order valence-corrected chi connectivity index (χ4v) is 3.05. The highest BCUT2D eigenvalue weighted by Crippen LogP contribution is 2.30. The highest BCUT2D eigenvalue weighted by atomic mass is 127. The molecule has 0 spiro atoms. The number of amides is 1. The van der Waals surface area contributed by atoms with Crippen molar-refractivity contribution < 1.29 is 14.5 Å². The molecule has 1 heterocycles. The molecule has 0 atom stereocenters. The van der Waals surface area contributed by atoms with E-state index in [4.69, 9.17) is 4.74 Å². The standard InChI is InChI=1S/C20H19IN4O4/c1-13-3-5-17(6-4-13)29-18-10-15(9-16(11-18)25(27)28)23-20(26)7-8-24-14(2)19(21)12-22-24/h3-6,9-12H,7-8H2,1-2H3,(H,23,26). The summed E-state index contributed by atoms with van der Waals surface area (Å²) >= 11 is 2.18. The number of aryl methyl sites for hydroxylation is 2. The number of hydrogen-bond donors (Lipinski definition) is 1. The van der Waals surface area contributed by atoms with Gasteiger partial charge in [-0.2, -0.15) is 5.10 Å². The molecule has 2 aromatic carbocycles. The van der Waals surface area contributed by atoms with Crippen LogP contribution in [0.15, 0.2) is 48.7 Å². The van der Waals surface area contributed by atoms with Gasteiger partial charge in [-0.15, -0.1) is 0 Å². The first-order valence-corrected chi connectivity index (χ1v) is 9.91. The highest BCUT2D eigenvalue weighted by molar-refractivity contribution is 14.1. The number of nitrogens with zero attached hydrogens (tertiary/aromatic N) is 3. The fourth-order valence-electron chi connectivity index (χ4n) is 2.64. The molecule has 0 aliphatic heterocycles. The minimum absolute atomic E-state index is 0.164. The molecule has 0 bridgehead atoms. The van der Waals surface area contributed by atoms with Gasteiger partial charge < -0.3 is 10.1 Å². The molecule has 1 aromatic heterocycles. The van der Waals surface area contributed by atoms with Crippen molar-refractivity contribution in [2.45, 2.75) is 26.8 Å². The van der Waals surface area contributed by atoms with Crippen LogP contribution in [-0.2, 0) is 11.3 Å². The van der Waals surface area contributed by atoms with Crippen LogP contribution in [0, 0.1) is 27.5 Å². The normalized spacial score (nSPS) is 10.6. The zero-order valence-electron chi connectivity index (χ0n) is 15.9. The second-order valence-corrected chi connectivity index (χ2v) is 7.65. The molecule has 0 aliphatic carbocycles. The van der Waals surface area contributed by atoms with Crippen molar-refractivity contribution >= 4 is 39.9 Å². The van der Waals surface area contributed by atoms with E-state index in [1.807, 2.05) is 26.0 Å². The number of nitro groups is 1. The maximum atomic E-state index is 12.3. The zero-order valence-corrected chi connectivity index (χ0v) is 18.0. The van der Waals surface area contributed by atoms with Gasteiger partial charge in [-0.05, 0) is 48.6 Å². The molecule has 3 aromatic rings. The summed E-state index contributed by atoms with van der Waals surface area (Å²) in [6, 6.07) is 11.5. The van der Waals surface area contributed by atoms with Gasteiger partial charge in [0, 0.05) is 24.2 Å². The van der Waals surface area contributed by atoms with Gasteiger partial charge in [-0.25, -0.2) is 0 Å². The van der Waals surface area contributed by atoms with Gasteiger partial charge in [-0.1, -0.05) is 17.7 Å². The number of hydrogen-bond acceptors (Lipinski definition) is 5. The lowest BCUT2D eigenvalue weighted by atomic mass is 10.2. The van der Waals surface area contributed by atoms with Gasteiger partial charge >= 0.3 is 0 Å². The third kappa shape index (κ3) is 5.53. The second-order valence-electron chi connectivity index (χ2n) is 6.49. The lowest BCUT2D eigenvalue weighted by Crippen LogP contribution is -2.15. The Morgan fingerprint density at radius 1 is 1.21 bits per heavy atom. The van der Waals surface area contributed by atoms with E-state index in [-0.39, 0.29) is 23.8 Å². The first-order valence-electron chi connectivity index (χ1n) is 8.83. The van der Waals surface area contributed by atoms with Crippen molar-refractivity contribution in [1.82, 2.24) is 9.78 Å². The molecule has 3 rings (SSSR count). The summed E-state index contributed by atoms with van der Waals surface area (Å²) in [6.45, 7) is 4.31. The van der Waals surface area contributed by atoms with E-state index in [9.17, 15) is 14.9 Å². The van der Waals surface area contributed by atoms with Crippen LogP contribution in [0.2, 0.25) is 0 Å². The van der Waals surface area contributed by atoms with Crippen LogP contribution in [0.4, 0.5) is 11.4 Å². The number of ether oxygens (including phenoxy) is 1. The molecule has 0 fully saturated rings. The number of carbonyl (C=O) groups excluding carboxylic acids is 1. The van der Waals surface area contributed by atoms with E-state index in [1.54, 1.807) is 29.1 Å². The SMILES string of the molecule is Cc1ccc(Oc2cc(NC(=O)CCn3ncc(I)c3C)cc([N+](=O)[O-])c2)cc1. The maximum absolute atomic E-state index is 12.3. The van der Waals surface area contributed by atoms with E-state index in [0.29, 0.717) is 18.0 Å². The predicted octanol–water partition coefficient (Wildman–Crippen LogP) is 4.83. The van der Waals surface area contributed by atoms with Crippen LogP contribution >= 0.6 is 22.6 Å². The molecule has 29 heavy (non-hydrogen) atoms. The van der Waals surface area contributed by atoms with Crippen LogP contribution in [-0.4, -0.2) is 20.6 Å². The van der Waals surface area contributed by atoms with Crippen LogP contribution in [0.5, 0.6) is 11.5 Å². The van der Waals surface area contributed by atoms with Crippen molar-refractivity contribution in [1.29, 1.82) is 0 Å². The fraction of sp³-hybridized carbons (Fsp3) is 0.200. The van der Waals surface area contributed by atoms with E-state index in [2.05, 4.69) is 33.0 Å². The van der Waals surface area contributed by atoms with Gasteiger partial charge in [0.15, 0.2) is 0 Å². The molecule has 0 radical (unpaired) electrons. The summed E-state index contributed by atoms with van der Waals surface area (Å²) < 4.78 is 8.50. The third-order valence-corrected chi connectivity index (χ3v) is 5.30. The number of rotatable bonds is 7. The Bertz CT molecular complexity index is 1050. The van der Waals surface area contributed by atoms with Crippen LogP contribution in [0.1, 0.15) is 17.7 Å². The summed E-state index contributed by atoms with van der Waals surface area (Å²) in [5.74, 6) is 0.560. The number of aromatic nitrogens is 2. The Labute approximate surface area is 181 Å². The molecule has 0 saturated carbocycles. The molecule has 150 valence electrons. The molecule has 0 saturated heterocycles. The second kappa shape index (κ2) is 9.03. The number of nitro benzene ring substituents is 1. The Hall–Kier alpha value is -2.95. The van der Waals surface area contributed by atoms with Crippen LogP contribution < -0.4 is 10.1 Å². The molecule has 9 heteroatoms. The average molecular weight is 506 g/mol. The molecule has 8 nitrogen and oxygen atoms in total. The van der Waals surface area contributed by atoms with Crippen molar-refractivity contribution in [2.75, 3.05) is 5.32 Å². The smallest absolute Gasteiger partial charge is 0.275 e. The molecule has 1 N–H and O–H groups in total. The van der Waals surface area contributed by atoms with Crippen molar-refractivity contribution in [3.05, 3.63) is 73.6 Å². The average Bonchev–Trinajstić information content (AvgIpc) is 3.00. The Kier molecular flexibility index (Phi) is 6.47. The van der Waals surface area contributed by atoms with Crippen molar-refractivity contribution in [2.24, 2.45) is 0 Å². The topological polar surface area (TPSA) is 99.3 Å². The first kappa shape index (κ1) is 20.8. The summed E-state index contributed by atoms with van der Waals surface area (Å²) in [7, 11) is 0. The molecule has 1 amide bonds. The summed E-state index contributed by atoms with van der Waals surface area (Å²) in [6.07, 6.45) is 1.93. The van der Waals surface area contributed by atoms with Crippen LogP contribution in [0.25, 0.3) is 0 Å². The minimum atomic E-state index is -0.521.